The zero-order valence-corrected chi connectivity index (χ0v) is 9.59. The molecule has 15 heavy (non-hydrogen) atoms. The Hall–Kier alpha value is -1.35. The first-order chi connectivity index (χ1) is 6.97. The second-order valence-electron chi connectivity index (χ2n) is 3.85. The van der Waals surface area contributed by atoms with Crippen molar-refractivity contribution < 1.29 is 9.90 Å². The van der Waals surface area contributed by atoms with Gasteiger partial charge in [0.05, 0.1) is 0 Å². The molecule has 0 aliphatic heterocycles. The zero-order valence-electron chi connectivity index (χ0n) is 9.59. The standard InChI is InChI=1S/C12H17NO2/c1-7-5-9(3)10(6-8(7)2)11(13-4)12(14)15/h5-6,11,13H,1-4H3,(H,14,15). The number of carboxylic acid groups (broad SMARTS) is 1. The van der Waals surface area contributed by atoms with Crippen LogP contribution >= 0.6 is 0 Å². The Bertz CT molecular complexity index is 385. The lowest BCUT2D eigenvalue weighted by Crippen LogP contribution is -2.25. The Kier molecular flexibility index (Phi) is 3.48. The Balaban J connectivity index is 3.24. The Morgan fingerprint density at radius 1 is 1.20 bits per heavy atom. The van der Waals surface area contributed by atoms with Crippen LogP contribution in [0.1, 0.15) is 28.3 Å². The number of likely N-dealkylation sites (N-methyl/N-ethyl adjacent to an activating group) is 1. The van der Waals surface area contributed by atoms with Crippen LogP contribution in [0.4, 0.5) is 0 Å². The molecule has 0 saturated carbocycles. The largest absolute Gasteiger partial charge is 0.480 e. The smallest absolute Gasteiger partial charge is 0.325 e. The van der Waals surface area contributed by atoms with E-state index in [0.29, 0.717) is 0 Å². The number of benzene rings is 1. The number of hydrogen-bond acceptors (Lipinski definition) is 2. The van der Waals surface area contributed by atoms with Gasteiger partial charge in [0, 0.05) is 0 Å². The zero-order chi connectivity index (χ0) is 11.6. The predicted molar refractivity (Wildman–Crippen MR) is 60.1 cm³/mol. The van der Waals surface area contributed by atoms with Gasteiger partial charge in [0.15, 0.2) is 0 Å². The van der Waals surface area contributed by atoms with Crippen molar-refractivity contribution in [3.8, 4) is 0 Å². The topological polar surface area (TPSA) is 49.3 Å². The van der Waals surface area contributed by atoms with Gasteiger partial charge in [-0.25, -0.2) is 0 Å². The van der Waals surface area contributed by atoms with Crippen molar-refractivity contribution in [2.24, 2.45) is 0 Å². The van der Waals surface area contributed by atoms with Gasteiger partial charge in [0.25, 0.3) is 0 Å². The lowest BCUT2D eigenvalue weighted by molar-refractivity contribution is -0.139. The fourth-order valence-electron chi connectivity index (χ4n) is 1.71. The Morgan fingerprint density at radius 2 is 1.73 bits per heavy atom. The number of carboxylic acids is 1. The van der Waals surface area contributed by atoms with E-state index < -0.39 is 12.0 Å². The number of nitrogens with one attached hydrogen (secondary N) is 1. The van der Waals surface area contributed by atoms with Crippen LogP contribution in [0.3, 0.4) is 0 Å². The van der Waals surface area contributed by atoms with Crippen LogP contribution in [-0.2, 0) is 4.79 Å². The van der Waals surface area contributed by atoms with Crippen molar-refractivity contribution in [2.45, 2.75) is 26.8 Å². The van der Waals surface area contributed by atoms with E-state index in [1.165, 1.54) is 5.56 Å². The molecule has 0 spiro atoms. The van der Waals surface area contributed by atoms with Crippen LogP contribution in [0, 0.1) is 20.8 Å². The maximum atomic E-state index is 11.0. The Labute approximate surface area is 90.1 Å². The molecule has 0 radical (unpaired) electrons. The second-order valence-corrected chi connectivity index (χ2v) is 3.85. The van der Waals surface area contributed by atoms with Crippen molar-refractivity contribution >= 4 is 5.97 Å². The lowest BCUT2D eigenvalue weighted by Gasteiger charge is -2.16. The van der Waals surface area contributed by atoms with Crippen molar-refractivity contribution in [3.63, 3.8) is 0 Å². The lowest BCUT2D eigenvalue weighted by atomic mass is 9.96. The van der Waals surface area contributed by atoms with Crippen LogP contribution in [0.2, 0.25) is 0 Å². The summed E-state index contributed by atoms with van der Waals surface area (Å²) in [4.78, 5) is 11.0. The van der Waals surface area contributed by atoms with Gasteiger partial charge in [-0.2, -0.15) is 0 Å². The highest BCUT2D eigenvalue weighted by molar-refractivity contribution is 5.76. The van der Waals surface area contributed by atoms with Gasteiger partial charge in [0.2, 0.25) is 0 Å². The van der Waals surface area contributed by atoms with E-state index in [-0.39, 0.29) is 0 Å². The maximum Gasteiger partial charge on any atom is 0.325 e. The number of carbonyl (C=O) groups is 1. The number of hydrogen-bond donors (Lipinski definition) is 2. The van der Waals surface area contributed by atoms with E-state index >= 15 is 0 Å². The van der Waals surface area contributed by atoms with Gasteiger partial charge in [-0.15, -0.1) is 0 Å². The van der Waals surface area contributed by atoms with Crippen LogP contribution in [0.5, 0.6) is 0 Å². The minimum Gasteiger partial charge on any atom is -0.480 e. The second kappa shape index (κ2) is 4.45. The summed E-state index contributed by atoms with van der Waals surface area (Å²) in [6.45, 7) is 5.96. The highest BCUT2D eigenvalue weighted by Gasteiger charge is 2.19. The van der Waals surface area contributed by atoms with E-state index in [9.17, 15) is 4.79 Å². The van der Waals surface area contributed by atoms with Gasteiger partial charge in [0.1, 0.15) is 6.04 Å². The van der Waals surface area contributed by atoms with Crippen molar-refractivity contribution in [3.05, 3.63) is 34.4 Å². The van der Waals surface area contributed by atoms with E-state index in [4.69, 9.17) is 5.11 Å². The Morgan fingerprint density at radius 3 is 2.20 bits per heavy atom. The van der Waals surface area contributed by atoms with E-state index in [1.807, 2.05) is 32.9 Å². The molecule has 1 unspecified atom stereocenters. The first-order valence-corrected chi connectivity index (χ1v) is 4.95. The SMILES string of the molecule is CNC(C(=O)O)c1cc(C)c(C)cc1C. The van der Waals surface area contributed by atoms with Gasteiger partial charge >= 0.3 is 5.97 Å². The summed E-state index contributed by atoms with van der Waals surface area (Å²) >= 11 is 0. The molecule has 1 atom stereocenters. The molecule has 0 aromatic heterocycles. The molecule has 0 saturated heterocycles. The summed E-state index contributed by atoms with van der Waals surface area (Å²) in [7, 11) is 1.66. The molecule has 1 aromatic rings. The molecule has 3 nitrogen and oxygen atoms in total. The quantitative estimate of drug-likeness (QED) is 0.796. The fourth-order valence-corrected chi connectivity index (χ4v) is 1.71. The summed E-state index contributed by atoms with van der Waals surface area (Å²) < 4.78 is 0. The van der Waals surface area contributed by atoms with Gasteiger partial charge in [-0.05, 0) is 50.1 Å². The van der Waals surface area contributed by atoms with Crippen molar-refractivity contribution in [2.75, 3.05) is 7.05 Å². The van der Waals surface area contributed by atoms with Crippen molar-refractivity contribution in [1.29, 1.82) is 0 Å². The maximum absolute atomic E-state index is 11.0. The molecule has 2 N–H and O–H groups in total. The third kappa shape index (κ3) is 2.36. The average molecular weight is 207 g/mol. The molecular weight excluding hydrogens is 190 g/mol. The normalized spacial score (nSPS) is 12.5. The molecule has 3 heteroatoms. The van der Waals surface area contributed by atoms with E-state index in [1.54, 1.807) is 7.05 Å². The van der Waals surface area contributed by atoms with Crippen LogP contribution in [0.15, 0.2) is 12.1 Å². The monoisotopic (exact) mass is 207 g/mol. The van der Waals surface area contributed by atoms with Gasteiger partial charge < -0.3 is 10.4 Å². The van der Waals surface area contributed by atoms with Gasteiger partial charge in [-0.3, -0.25) is 4.79 Å². The van der Waals surface area contributed by atoms with Crippen LogP contribution in [-0.4, -0.2) is 18.1 Å². The van der Waals surface area contributed by atoms with Crippen LogP contribution < -0.4 is 5.32 Å². The third-order valence-corrected chi connectivity index (χ3v) is 2.73. The molecule has 82 valence electrons. The highest BCUT2D eigenvalue weighted by Crippen LogP contribution is 2.21. The minimum atomic E-state index is -0.844. The fraction of sp³-hybridized carbons (Fsp3) is 0.417. The van der Waals surface area contributed by atoms with E-state index in [0.717, 1.165) is 16.7 Å². The third-order valence-electron chi connectivity index (χ3n) is 2.73. The summed E-state index contributed by atoms with van der Waals surface area (Å²) in [6, 6.07) is 3.35. The number of aliphatic carboxylic acids is 1. The minimum absolute atomic E-state index is 0.621. The highest BCUT2D eigenvalue weighted by atomic mass is 16.4. The average Bonchev–Trinajstić information content (AvgIpc) is 2.14. The predicted octanol–water partition coefficient (Wildman–Crippen LogP) is 1.96. The molecule has 0 aliphatic rings. The molecule has 1 rings (SSSR count). The van der Waals surface area contributed by atoms with Gasteiger partial charge in [-0.1, -0.05) is 12.1 Å². The van der Waals surface area contributed by atoms with Crippen LogP contribution in [0.25, 0.3) is 0 Å². The summed E-state index contributed by atoms with van der Waals surface area (Å²) in [5.74, 6) is -0.844. The summed E-state index contributed by atoms with van der Waals surface area (Å²) in [6.07, 6.45) is 0. The molecule has 0 amide bonds. The molecule has 1 aromatic carbocycles. The molecule has 0 bridgehead atoms. The summed E-state index contributed by atoms with van der Waals surface area (Å²) in [5, 5.41) is 11.9. The first-order valence-electron chi connectivity index (χ1n) is 4.95. The summed E-state index contributed by atoms with van der Waals surface area (Å²) in [5.41, 5.74) is 4.17. The number of rotatable bonds is 3. The molecule has 0 aliphatic carbocycles. The molecular formula is C12H17NO2. The van der Waals surface area contributed by atoms with Crippen molar-refractivity contribution in [1.82, 2.24) is 5.32 Å². The first kappa shape index (κ1) is 11.7. The number of aryl methyl sites for hydroxylation is 3. The molecule has 0 heterocycles. The molecule has 0 fully saturated rings. The van der Waals surface area contributed by atoms with E-state index in [2.05, 4.69) is 5.32 Å².